The third-order valence-electron chi connectivity index (χ3n) is 5.65. The van der Waals surface area contributed by atoms with Crippen LogP contribution < -0.4 is 25.0 Å². The van der Waals surface area contributed by atoms with E-state index in [0.29, 0.717) is 17.1 Å². The predicted molar refractivity (Wildman–Crippen MR) is 143 cm³/mol. The zero-order valence-corrected chi connectivity index (χ0v) is 21.1. The van der Waals surface area contributed by atoms with Crippen LogP contribution in [0.2, 0.25) is 0 Å². The Morgan fingerprint density at radius 2 is 1.54 bits per heavy atom. The number of fused-ring (bicyclic) bond motifs is 1. The summed E-state index contributed by atoms with van der Waals surface area (Å²) in [6, 6.07) is 20.4. The van der Waals surface area contributed by atoms with Crippen molar-refractivity contribution in [2.75, 3.05) is 20.8 Å². The molecule has 0 aliphatic rings. The highest BCUT2D eigenvalue weighted by atomic mass is 19.1. The number of hydrazone groups is 1. The molecule has 0 heterocycles. The summed E-state index contributed by atoms with van der Waals surface area (Å²) in [5.41, 5.74) is 3.25. The molecule has 0 aliphatic heterocycles. The van der Waals surface area contributed by atoms with Crippen LogP contribution >= 0.6 is 0 Å². The molecule has 0 saturated carbocycles. The molecule has 9 nitrogen and oxygen atoms in total. The van der Waals surface area contributed by atoms with E-state index in [4.69, 9.17) is 14.2 Å². The Balaban J connectivity index is 1.49. The van der Waals surface area contributed by atoms with Gasteiger partial charge in [-0.15, -0.1) is 0 Å². The second kappa shape index (κ2) is 12.3. The Morgan fingerprint density at radius 3 is 2.28 bits per heavy atom. The van der Waals surface area contributed by atoms with Crippen molar-refractivity contribution < 1.29 is 33.0 Å². The van der Waals surface area contributed by atoms with Gasteiger partial charge in [-0.1, -0.05) is 30.3 Å². The van der Waals surface area contributed by atoms with Crippen LogP contribution in [0, 0.1) is 5.82 Å². The molecule has 4 aromatic rings. The topological polar surface area (TPSA) is 115 Å². The van der Waals surface area contributed by atoms with Gasteiger partial charge in [0, 0.05) is 11.1 Å². The zero-order chi connectivity index (χ0) is 27.8. The summed E-state index contributed by atoms with van der Waals surface area (Å²) in [7, 11) is 2.96. The minimum atomic E-state index is -0.631. The van der Waals surface area contributed by atoms with Crippen molar-refractivity contribution in [3.05, 3.63) is 101 Å². The first-order chi connectivity index (χ1) is 18.9. The van der Waals surface area contributed by atoms with Crippen LogP contribution in [0.25, 0.3) is 10.8 Å². The average Bonchev–Trinajstić information content (AvgIpc) is 2.96. The van der Waals surface area contributed by atoms with E-state index in [2.05, 4.69) is 15.8 Å². The Kier molecular flexibility index (Phi) is 8.47. The molecule has 0 saturated heterocycles. The number of methoxy groups -OCH3 is 2. The van der Waals surface area contributed by atoms with Crippen molar-refractivity contribution in [2.24, 2.45) is 5.10 Å². The van der Waals surface area contributed by atoms with Gasteiger partial charge < -0.3 is 19.5 Å². The van der Waals surface area contributed by atoms with Crippen molar-refractivity contribution in [1.29, 1.82) is 0 Å². The molecule has 0 bridgehead atoms. The first-order valence-electron chi connectivity index (χ1n) is 11.7. The highest BCUT2D eigenvalue weighted by molar-refractivity contribution is 6.04. The number of esters is 1. The van der Waals surface area contributed by atoms with Gasteiger partial charge in [0.15, 0.2) is 11.5 Å². The SMILES string of the molecule is COc1ccc(C(=O)Oc2ccc3ccccc3c2/C=N/NC(=O)CNC(=O)c2ccc(F)cc2)cc1OC. The summed E-state index contributed by atoms with van der Waals surface area (Å²) in [5.74, 6) is -1.16. The van der Waals surface area contributed by atoms with E-state index in [1.165, 1.54) is 38.6 Å². The molecule has 0 unspecified atom stereocenters. The molecule has 198 valence electrons. The Morgan fingerprint density at radius 1 is 0.846 bits per heavy atom. The van der Waals surface area contributed by atoms with Crippen molar-refractivity contribution in [3.63, 3.8) is 0 Å². The van der Waals surface area contributed by atoms with Crippen LogP contribution in [0.5, 0.6) is 17.2 Å². The van der Waals surface area contributed by atoms with E-state index in [-0.39, 0.29) is 23.4 Å². The lowest BCUT2D eigenvalue weighted by Crippen LogP contribution is -2.34. The van der Waals surface area contributed by atoms with Crippen LogP contribution in [0.15, 0.2) is 84.0 Å². The molecule has 4 rings (SSSR count). The number of nitrogens with one attached hydrogen (secondary N) is 2. The summed E-state index contributed by atoms with van der Waals surface area (Å²) in [6.45, 7) is -0.357. The number of hydrogen-bond donors (Lipinski definition) is 2. The molecule has 10 heteroatoms. The lowest BCUT2D eigenvalue weighted by Gasteiger charge is -2.12. The van der Waals surface area contributed by atoms with Crippen molar-refractivity contribution in [3.8, 4) is 17.2 Å². The summed E-state index contributed by atoms with van der Waals surface area (Å²) >= 11 is 0. The summed E-state index contributed by atoms with van der Waals surface area (Å²) in [6.07, 6.45) is 1.36. The van der Waals surface area contributed by atoms with Crippen LogP contribution in [0.3, 0.4) is 0 Å². The maximum atomic E-state index is 13.0. The van der Waals surface area contributed by atoms with Gasteiger partial charge in [-0.3, -0.25) is 9.59 Å². The number of halogens is 1. The molecule has 0 atom stereocenters. The quantitative estimate of drug-likeness (QED) is 0.146. The number of nitrogens with zero attached hydrogens (tertiary/aromatic N) is 1. The lowest BCUT2D eigenvalue weighted by molar-refractivity contribution is -0.120. The fraction of sp³-hybridized carbons (Fsp3) is 0.103. The van der Waals surface area contributed by atoms with E-state index in [9.17, 15) is 18.8 Å². The first-order valence-corrected chi connectivity index (χ1v) is 11.7. The molecule has 0 aliphatic carbocycles. The van der Waals surface area contributed by atoms with Gasteiger partial charge in [0.25, 0.3) is 11.8 Å². The van der Waals surface area contributed by atoms with Crippen molar-refractivity contribution in [1.82, 2.24) is 10.7 Å². The molecule has 0 fully saturated rings. The first kappa shape index (κ1) is 26.8. The summed E-state index contributed by atoms with van der Waals surface area (Å²) in [4.78, 5) is 37.3. The second-order valence-corrected chi connectivity index (χ2v) is 8.14. The third-order valence-corrected chi connectivity index (χ3v) is 5.65. The Bertz CT molecular complexity index is 1550. The minimum absolute atomic E-state index is 0.212. The Hall–Kier alpha value is -5.25. The van der Waals surface area contributed by atoms with Gasteiger partial charge in [0.2, 0.25) is 0 Å². The van der Waals surface area contributed by atoms with Crippen molar-refractivity contribution in [2.45, 2.75) is 0 Å². The molecule has 2 N–H and O–H groups in total. The van der Waals surface area contributed by atoms with E-state index >= 15 is 0 Å². The number of amides is 2. The van der Waals surface area contributed by atoms with E-state index in [1.54, 1.807) is 24.3 Å². The maximum Gasteiger partial charge on any atom is 0.343 e. The second-order valence-electron chi connectivity index (χ2n) is 8.14. The number of carbonyl (C=O) groups is 3. The lowest BCUT2D eigenvalue weighted by atomic mass is 10.0. The monoisotopic (exact) mass is 529 g/mol. The number of hydrogen-bond acceptors (Lipinski definition) is 7. The smallest absolute Gasteiger partial charge is 0.343 e. The molecule has 0 radical (unpaired) electrons. The van der Waals surface area contributed by atoms with Gasteiger partial charge in [-0.05, 0) is 59.3 Å². The number of ether oxygens (including phenoxy) is 3. The van der Waals surface area contributed by atoms with E-state index in [0.717, 1.165) is 22.9 Å². The Labute approximate surface area is 223 Å². The largest absolute Gasteiger partial charge is 0.493 e. The minimum Gasteiger partial charge on any atom is -0.493 e. The fourth-order valence-electron chi connectivity index (χ4n) is 3.69. The van der Waals surface area contributed by atoms with Crippen LogP contribution in [-0.2, 0) is 4.79 Å². The van der Waals surface area contributed by atoms with E-state index < -0.39 is 23.6 Å². The van der Waals surface area contributed by atoms with Gasteiger partial charge >= 0.3 is 5.97 Å². The highest BCUT2D eigenvalue weighted by Crippen LogP contribution is 2.30. The van der Waals surface area contributed by atoms with Gasteiger partial charge in [-0.2, -0.15) is 5.10 Å². The molecule has 39 heavy (non-hydrogen) atoms. The van der Waals surface area contributed by atoms with Crippen LogP contribution in [-0.4, -0.2) is 44.8 Å². The average molecular weight is 530 g/mol. The highest BCUT2D eigenvalue weighted by Gasteiger charge is 2.16. The molecule has 0 spiro atoms. The summed E-state index contributed by atoms with van der Waals surface area (Å²) in [5, 5.41) is 8.02. The maximum absolute atomic E-state index is 13.0. The molecule has 2 amide bonds. The molecular weight excluding hydrogens is 505 g/mol. The molecular formula is C29H24FN3O6. The van der Waals surface area contributed by atoms with E-state index in [1.807, 2.05) is 24.3 Å². The number of rotatable bonds is 9. The van der Waals surface area contributed by atoms with Gasteiger partial charge in [0.1, 0.15) is 11.6 Å². The molecule has 0 aromatic heterocycles. The number of carbonyl (C=O) groups excluding carboxylic acids is 3. The fourth-order valence-corrected chi connectivity index (χ4v) is 3.69. The van der Waals surface area contributed by atoms with Gasteiger partial charge in [-0.25, -0.2) is 14.6 Å². The zero-order valence-electron chi connectivity index (χ0n) is 21.1. The summed E-state index contributed by atoms with van der Waals surface area (Å²) < 4.78 is 29.2. The van der Waals surface area contributed by atoms with Crippen LogP contribution in [0.4, 0.5) is 4.39 Å². The molecule has 4 aromatic carbocycles. The standard InChI is InChI=1S/C29H24FN3O6/c1-37-25-14-10-20(15-26(25)38-2)29(36)39-24-13-9-18-5-3-4-6-22(18)23(24)16-32-33-27(34)17-31-28(35)19-7-11-21(30)12-8-19/h3-16H,17H2,1-2H3,(H,31,35)(H,33,34)/b32-16+. The number of benzene rings is 4. The normalized spacial score (nSPS) is 10.7. The van der Waals surface area contributed by atoms with Crippen molar-refractivity contribution >= 4 is 34.8 Å². The predicted octanol–water partition coefficient (Wildman–Crippen LogP) is 4.10. The van der Waals surface area contributed by atoms with Gasteiger partial charge in [0.05, 0.1) is 32.5 Å². The van der Waals surface area contributed by atoms with Crippen LogP contribution in [0.1, 0.15) is 26.3 Å². The third kappa shape index (κ3) is 6.55.